The van der Waals surface area contributed by atoms with Crippen LogP contribution in [0.5, 0.6) is 5.75 Å². The number of aromatic hydroxyl groups is 1. The van der Waals surface area contributed by atoms with Crippen molar-refractivity contribution in [3.05, 3.63) is 42.1 Å². The van der Waals surface area contributed by atoms with Gasteiger partial charge < -0.3 is 10.1 Å². The predicted molar refractivity (Wildman–Crippen MR) is 88.5 cm³/mol. The number of alkyl halides is 1. The molecule has 0 aliphatic carbocycles. The van der Waals surface area contributed by atoms with E-state index in [9.17, 15) is 5.11 Å². The number of benzene rings is 1. The Morgan fingerprint density at radius 1 is 0.950 bits per heavy atom. The van der Waals surface area contributed by atoms with Gasteiger partial charge in [-0.1, -0.05) is 35.2 Å². The monoisotopic (exact) mass is 335 g/mol. The minimum absolute atomic E-state index is 0.309. The highest BCUT2D eigenvalue weighted by atomic mass is 79.9. The van der Waals surface area contributed by atoms with Gasteiger partial charge >= 0.3 is 0 Å². The number of halogens is 1. The zero-order valence-electron chi connectivity index (χ0n) is 11.7. The minimum atomic E-state index is 0.309. The Balaban J connectivity index is 1.79. The largest absolute Gasteiger partial charge is 0.508 e. The average Bonchev–Trinajstić information content (AvgIpc) is 2.92. The molecule has 0 fully saturated rings. The molecule has 1 aromatic heterocycles. The fraction of sp³-hybridized carbons (Fsp3) is 0.412. The van der Waals surface area contributed by atoms with Crippen LogP contribution in [0.2, 0.25) is 0 Å². The maximum atomic E-state index is 9.30. The fourth-order valence-corrected chi connectivity index (χ4v) is 2.74. The summed E-state index contributed by atoms with van der Waals surface area (Å²) in [6, 6.07) is 9.53. The van der Waals surface area contributed by atoms with Crippen LogP contribution in [0.3, 0.4) is 0 Å². The number of aryl methyl sites for hydroxylation is 1. The molecular formula is C17H22BrNO. The van der Waals surface area contributed by atoms with E-state index in [4.69, 9.17) is 0 Å². The van der Waals surface area contributed by atoms with Crippen molar-refractivity contribution in [3.8, 4) is 17.0 Å². The molecule has 3 heteroatoms. The van der Waals surface area contributed by atoms with E-state index >= 15 is 0 Å². The second kappa shape index (κ2) is 8.15. The second-order valence-corrected chi connectivity index (χ2v) is 5.97. The quantitative estimate of drug-likeness (QED) is 0.500. The average molecular weight is 336 g/mol. The highest BCUT2D eigenvalue weighted by Crippen LogP contribution is 2.22. The molecule has 2 rings (SSSR count). The van der Waals surface area contributed by atoms with Gasteiger partial charge in [-0.3, -0.25) is 0 Å². The standard InChI is InChI=1S/C17H22BrNO/c18-11-5-3-1-2-4-6-14-12-17(19-13-14)15-7-9-16(20)10-8-15/h7-10,12-13,19-20H,1-6,11H2. The first-order chi connectivity index (χ1) is 9.79. The zero-order valence-corrected chi connectivity index (χ0v) is 13.3. The number of phenols is 1. The summed E-state index contributed by atoms with van der Waals surface area (Å²) in [6.45, 7) is 0. The van der Waals surface area contributed by atoms with Gasteiger partial charge in [-0.25, -0.2) is 0 Å². The lowest BCUT2D eigenvalue weighted by atomic mass is 10.1. The van der Waals surface area contributed by atoms with Crippen LogP contribution in [0.15, 0.2) is 36.5 Å². The Kier molecular flexibility index (Phi) is 6.19. The molecule has 1 aromatic carbocycles. The summed E-state index contributed by atoms with van der Waals surface area (Å²) in [5, 5.41) is 10.4. The summed E-state index contributed by atoms with van der Waals surface area (Å²) in [5.41, 5.74) is 3.61. The summed E-state index contributed by atoms with van der Waals surface area (Å²) < 4.78 is 0. The van der Waals surface area contributed by atoms with Gasteiger partial charge in [0.1, 0.15) is 5.75 Å². The van der Waals surface area contributed by atoms with E-state index in [1.807, 2.05) is 12.1 Å². The predicted octanol–water partition coefficient (Wildman–Crippen LogP) is 5.28. The number of hydrogen-bond acceptors (Lipinski definition) is 1. The molecule has 0 aliphatic heterocycles. The Bertz CT molecular complexity index is 504. The third-order valence-corrected chi connectivity index (χ3v) is 4.08. The summed E-state index contributed by atoms with van der Waals surface area (Å²) in [4.78, 5) is 3.31. The molecule has 0 bridgehead atoms. The summed E-state index contributed by atoms with van der Waals surface area (Å²) in [5.74, 6) is 0.309. The van der Waals surface area contributed by atoms with Gasteiger partial charge in [-0.05, 0) is 60.7 Å². The highest BCUT2D eigenvalue weighted by Gasteiger charge is 2.02. The third-order valence-electron chi connectivity index (χ3n) is 3.52. The number of phenolic OH excluding ortho intramolecular Hbond substituents is 1. The van der Waals surface area contributed by atoms with Crippen molar-refractivity contribution in [2.45, 2.75) is 38.5 Å². The molecule has 0 saturated carbocycles. The zero-order chi connectivity index (χ0) is 14.2. The van der Waals surface area contributed by atoms with Gasteiger partial charge in [-0.15, -0.1) is 0 Å². The molecule has 2 N–H and O–H groups in total. The Morgan fingerprint density at radius 2 is 1.65 bits per heavy atom. The normalized spacial score (nSPS) is 10.8. The maximum absolute atomic E-state index is 9.30. The summed E-state index contributed by atoms with van der Waals surface area (Å²) >= 11 is 3.46. The van der Waals surface area contributed by atoms with Crippen molar-refractivity contribution in [1.29, 1.82) is 0 Å². The molecule has 0 unspecified atom stereocenters. The van der Waals surface area contributed by atoms with Crippen molar-refractivity contribution >= 4 is 15.9 Å². The molecule has 108 valence electrons. The van der Waals surface area contributed by atoms with Crippen LogP contribution in [0, 0.1) is 0 Å². The van der Waals surface area contributed by atoms with Gasteiger partial charge in [0.25, 0.3) is 0 Å². The molecule has 2 nitrogen and oxygen atoms in total. The van der Waals surface area contributed by atoms with E-state index in [1.165, 1.54) is 37.7 Å². The van der Waals surface area contributed by atoms with E-state index in [0.29, 0.717) is 5.75 Å². The van der Waals surface area contributed by atoms with Gasteiger partial charge in [0.15, 0.2) is 0 Å². The van der Waals surface area contributed by atoms with Crippen molar-refractivity contribution in [1.82, 2.24) is 4.98 Å². The topological polar surface area (TPSA) is 36.0 Å². The van der Waals surface area contributed by atoms with E-state index < -0.39 is 0 Å². The van der Waals surface area contributed by atoms with Crippen LogP contribution in [-0.4, -0.2) is 15.4 Å². The molecule has 2 aromatic rings. The first-order valence-electron chi connectivity index (χ1n) is 7.32. The van der Waals surface area contributed by atoms with E-state index in [2.05, 4.69) is 33.2 Å². The molecular weight excluding hydrogens is 314 g/mol. The van der Waals surface area contributed by atoms with Gasteiger partial charge in [0.05, 0.1) is 0 Å². The number of unbranched alkanes of at least 4 members (excludes halogenated alkanes) is 4. The fourth-order valence-electron chi connectivity index (χ4n) is 2.35. The molecule has 20 heavy (non-hydrogen) atoms. The lowest BCUT2D eigenvalue weighted by Gasteiger charge is -1.99. The smallest absolute Gasteiger partial charge is 0.115 e. The van der Waals surface area contributed by atoms with Crippen LogP contribution in [-0.2, 0) is 6.42 Å². The Hall–Kier alpha value is -1.22. The number of aromatic nitrogens is 1. The summed E-state index contributed by atoms with van der Waals surface area (Å²) in [7, 11) is 0. The van der Waals surface area contributed by atoms with Crippen LogP contribution < -0.4 is 0 Å². The lowest BCUT2D eigenvalue weighted by molar-refractivity contribution is 0.475. The van der Waals surface area contributed by atoms with Crippen LogP contribution in [0.1, 0.15) is 37.7 Å². The number of hydrogen-bond donors (Lipinski definition) is 2. The SMILES string of the molecule is Oc1ccc(-c2cc(CCCCCCCBr)c[nH]2)cc1. The molecule has 0 radical (unpaired) electrons. The first kappa shape index (κ1) is 15.2. The van der Waals surface area contributed by atoms with Gasteiger partial charge in [-0.2, -0.15) is 0 Å². The van der Waals surface area contributed by atoms with Crippen LogP contribution in [0.4, 0.5) is 0 Å². The van der Waals surface area contributed by atoms with Crippen molar-refractivity contribution in [3.63, 3.8) is 0 Å². The number of nitrogens with one attached hydrogen (secondary N) is 1. The second-order valence-electron chi connectivity index (χ2n) is 5.18. The Labute approximate surface area is 129 Å². The number of aromatic amines is 1. The first-order valence-corrected chi connectivity index (χ1v) is 8.44. The van der Waals surface area contributed by atoms with Gasteiger partial charge in [0.2, 0.25) is 0 Å². The molecule has 0 atom stereocenters. The highest BCUT2D eigenvalue weighted by molar-refractivity contribution is 9.09. The van der Waals surface area contributed by atoms with Crippen LogP contribution in [0.25, 0.3) is 11.3 Å². The number of H-pyrrole nitrogens is 1. The van der Waals surface area contributed by atoms with Gasteiger partial charge in [0, 0.05) is 17.2 Å². The van der Waals surface area contributed by atoms with Crippen LogP contribution >= 0.6 is 15.9 Å². The third kappa shape index (κ3) is 4.71. The minimum Gasteiger partial charge on any atom is -0.508 e. The van der Waals surface area contributed by atoms with Crippen molar-refractivity contribution in [2.75, 3.05) is 5.33 Å². The molecule has 0 saturated heterocycles. The molecule has 0 aliphatic rings. The molecule has 1 heterocycles. The maximum Gasteiger partial charge on any atom is 0.115 e. The van der Waals surface area contributed by atoms with E-state index in [-0.39, 0.29) is 0 Å². The van der Waals surface area contributed by atoms with E-state index in [1.54, 1.807) is 12.1 Å². The Morgan fingerprint density at radius 3 is 2.40 bits per heavy atom. The molecule has 0 amide bonds. The van der Waals surface area contributed by atoms with Crippen molar-refractivity contribution in [2.24, 2.45) is 0 Å². The molecule has 0 spiro atoms. The van der Waals surface area contributed by atoms with E-state index in [0.717, 1.165) is 23.0 Å². The number of rotatable bonds is 8. The van der Waals surface area contributed by atoms with Crippen molar-refractivity contribution < 1.29 is 5.11 Å². The lowest BCUT2D eigenvalue weighted by Crippen LogP contribution is -1.84. The summed E-state index contributed by atoms with van der Waals surface area (Å²) in [6.07, 6.45) is 9.76.